The third kappa shape index (κ3) is 4.26. The Kier molecular flexibility index (Phi) is 6.03. The molecule has 1 aliphatic rings. The van der Waals surface area contributed by atoms with Crippen molar-refractivity contribution in [2.24, 2.45) is 0 Å². The third-order valence-corrected chi connectivity index (χ3v) is 5.50. The molecule has 3 amide bonds. The van der Waals surface area contributed by atoms with Crippen LogP contribution in [-0.4, -0.2) is 72.2 Å². The first-order chi connectivity index (χ1) is 15.8. The van der Waals surface area contributed by atoms with Crippen molar-refractivity contribution in [3.05, 3.63) is 54.2 Å². The van der Waals surface area contributed by atoms with Gasteiger partial charge in [-0.05, 0) is 30.3 Å². The third-order valence-electron chi connectivity index (χ3n) is 5.50. The predicted octanol–water partition coefficient (Wildman–Crippen LogP) is 1.18. The highest BCUT2D eigenvalue weighted by molar-refractivity contribution is 6.08. The molecule has 0 radical (unpaired) electrons. The van der Waals surface area contributed by atoms with E-state index in [2.05, 4.69) is 10.3 Å². The highest BCUT2D eigenvalue weighted by Gasteiger charge is 2.40. The van der Waals surface area contributed by atoms with Crippen molar-refractivity contribution in [3.8, 4) is 0 Å². The van der Waals surface area contributed by atoms with Crippen LogP contribution in [-0.2, 0) is 14.3 Å². The maximum atomic E-state index is 13.2. The lowest BCUT2D eigenvalue weighted by molar-refractivity contribution is -0.150. The summed E-state index contributed by atoms with van der Waals surface area (Å²) in [7, 11) is 3.24. The van der Waals surface area contributed by atoms with Gasteiger partial charge in [-0.25, -0.2) is 0 Å². The number of carbonyl (C=O) groups is 3. The van der Waals surface area contributed by atoms with Crippen LogP contribution < -0.4 is 16.0 Å². The number of aliphatic hydroxyl groups excluding tert-OH is 1. The van der Waals surface area contributed by atoms with Crippen molar-refractivity contribution in [3.63, 3.8) is 0 Å². The summed E-state index contributed by atoms with van der Waals surface area (Å²) in [5, 5.41) is 14.8. The van der Waals surface area contributed by atoms with Crippen LogP contribution in [0, 0.1) is 0 Å². The first-order valence-electron chi connectivity index (χ1n) is 10.4. The largest absolute Gasteiger partial charge is 0.385 e. The topological polar surface area (TPSA) is 141 Å². The number of nitrogens with one attached hydrogen (secondary N) is 2. The van der Waals surface area contributed by atoms with E-state index in [1.165, 1.54) is 9.80 Å². The zero-order valence-corrected chi connectivity index (χ0v) is 18.2. The number of carbonyl (C=O) groups excluding carboxylic acids is 3. The van der Waals surface area contributed by atoms with E-state index in [-0.39, 0.29) is 19.1 Å². The highest BCUT2D eigenvalue weighted by Crippen LogP contribution is 2.27. The maximum Gasteiger partial charge on any atom is 0.259 e. The van der Waals surface area contributed by atoms with Crippen LogP contribution in [0.2, 0.25) is 0 Å². The van der Waals surface area contributed by atoms with Crippen LogP contribution in [0.4, 0.5) is 17.2 Å². The molecule has 3 aromatic rings. The Hall–Kier alpha value is -3.89. The van der Waals surface area contributed by atoms with E-state index in [0.717, 1.165) is 10.8 Å². The molecule has 0 unspecified atom stereocenters. The fourth-order valence-corrected chi connectivity index (χ4v) is 3.79. The molecule has 2 aromatic carbocycles. The molecule has 1 fully saturated rings. The molecule has 1 saturated heterocycles. The van der Waals surface area contributed by atoms with Gasteiger partial charge in [0, 0.05) is 43.3 Å². The Morgan fingerprint density at radius 1 is 1.27 bits per heavy atom. The van der Waals surface area contributed by atoms with Gasteiger partial charge in [0.2, 0.25) is 0 Å². The number of morpholine rings is 1. The van der Waals surface area contributed by atoms with E-state index in [1.807, 2.05) is 0 Å². The summed E-state index contributed by atoms with van der Waals surface area (Å²) >= 11 is 0. The molecule has 2 atom stereocenters. The molecule has 0 spiro atoms. The molecule has 2 heterocycles. The number of benzene rings is 2. The van der Waals surface area contributed by atoms with E-state index in [0.29, 0.717) is 22.8 Å². The van der Waals surface area contributed by atoms with Gasteiger partial charge in [0.25, 0.3) is 17.7 Å². The molecule has 10 nitrogen and oxygen atoms in total. The number of fused-ring (bicyclic) bond motifs is 1. The first kappa shape index (κ1) is 22.3. The van der Waals surface area contributed by atoms with Crippen molar-refractivity contribution in [1.29, 1.82) is 0 Å². The molecule has 5 N–H and O–H groups in total. The van der Waals surface area contributed by atoms with Gasteiger partial charge < -0.3 is 35.7 Å². The summed E-state index contributed by atoms with van der Waals surface area (Å²) in [6, 6.07) is 11.8. The van der Waals surface area contributed by atoms with Crippen LogP contribution in [0.1, 0.15) is 10.4 Å². The van der Waals surface area contributed by atoms with E-state index < -0.39 is 24.0 Å². The standard InChI is InChI=1S/C23H25N5O5/c1-27(2)22(31)16-5-3-4-6-17(16)28-9-10-33-19(23(28)32)18(29)21(30)26-14-7-8-15-13(11-14)12-25-20(15)24/h3-8,11-12,18-19,25,29H,9-10,24H2,1-2H3,(H,26,30)/t18-,19-/m1/s1. The molecular weight excluding hydrogens is 426 g/mol. The van der Waals surface area contributed by atoms with Crippen LogP contribution >= 0.6 is 0 Å². The number of amides is 3. The number of aromatic amines is 1. The van der Waals surface area contributed by atoms with E-state index in [1.54, 1.807) is 62.8 Å². The Labute approximate surface area is 189 Å². The lowest BCUT2D eigenvalue weighted by atomic mass is 10.1. The average molecular weight is 451 g/mol. The summed E-state index contributed by atoms with van der Waals surface area (Å²) in [5.41, 5.74) is 7.01. The van der Waals surface area contributed by atoms with E-state index >= 15 is 0 Å². The molecule has 33 heavy (non-hydrogen) atoms. The number of aromatic nitrogens is 1. The minimum Gasteiger partial charge on any atom is -0.385 e. The lowest BCUT2D eigenvalue weighted by Crippen LogP contribution is -2.55. The second kappa shape index (κ2) is 8.93. The number of aliphatic hydroxyl groups is 1. The Bertz CT molecular complexity index is 1220. The van der Waals surface area contributed by atoms with Gasteiger partial charge in [0.1, 0.15) is 5.82 Å². The molecule has 0 bridgehead atoms. The van der Waals surface area contributed by atoms with Gasteiger partial charge in [-0.15, -0.1) is 0 Å². The molecule has 172 valence electrons. The number of nitrogens with two attached hydrogens (primary N) is 1. The number of nitrogens with zero attached hydrogens (tertiary/aromatic N) is 2. The van der Waals surface area contributed by atoms with Gasteiger partial charge in [-0.1, -0.05) is 12.1 Å². The first-order valence-corrected chi connectivity index (χ1v) is 10.4. The second-order valence-electron chi connectivity index (χ2n) is 7.94. The summed E-state index contributed by atoms with van der Waals surface area (Å²) in [6.45, 7) is 0.285. The van der Waals surface area contributed by atoms with Crippen molar-refractivity contribution >= 4 is 45.7 Å². The van der Waals surface area contributed by atoms with Crippen molar-refractivity contribution in [1.82, 2.24) is 9.88 Å². The molecule has 0 saturated carbocycles. The Morgan fingerprint density at radius 2 is 2.03 bits per heavy atom. The SMILES string of the molecule is CN(C)C(=O)c1ccccc1N1CCO[C@H]([C@@H](O)C(=O)Nc2ccc3c(N)[nH]cc3c2)C1=O. The van der Waals surface area contributed by atoms with Gasteiger partial charge in [-0.3, -0.25) is 14.4 Å². The van der Waals surface area contributed by atoms with Gasteiger partial charge in [0.15, 0.2) is 12.2 Å². The number of H-pyrrole nitrogens is 1. The zero-order chi connectivity index (χ0) is 23.7. The molecule has 1 aliphatic heterocycles. The zero-order valence-electron chi connectivity index (χ0n) is 18.2. The smallest absolute Gasteiger partial charge is 0.259 e. The normalized spacial score (nSPS) is 17.1. The molecule has 10 heteroatoms. The molecule has 1 aromatic heterocycles. The number of para-hydroxylation sites is 1. The van der Waals surface area contributed by atoms with E-state index in [4.69, 9.17) is 10.5 Å². The van der Waals surface area contributed by atoms with Crippen molar-refractivity contribution in [2.45, 2.75) is 12.2 Å². The van der Waals surface area contributed by atoms with Gasteiger partial charge in [-0.2, -0.15) is 0 Å². The summed E-state index contributed by atoms with van der Waals surface area (Å²) < 4.78 is 5.47. The number of hydrogen-bond donors (Lipinski definition) is 4. The van der Waals surface area contributed by atoms with Crippen LogP contribution in [0.3, 0.4) is 0 Å². The molecular formula is C23H25N5O5. The predicted molar refractivity (Wildman–Crippen MR) is 124 cm³/mol. The van der Waals surface area contributed by atoms with Crippen LogP contribution in [0.5, 0.6) is 0 Å². The Balaban J connectivity index is 1.52. The maximum absolute atomic E-state index is 13.2. The number of anilines is 3. The van der Waals surface area contributed by atoms with Crippen LogP contribution in [0.25, 0.3) is 10.8 Å². The lowest BCUT2D eigenvalue weighted by Gasteiger charge is -2.35. The molecule has 4 rings (SSSR count). The number of hydrogen-bond acceptors (Lipinski definition) is 6. The number of nitrogen functional groups attached to an aromatic ring is 1. The summed E-state index contributed by atoms with van der Waals surface area (Å²) in [6.07, 6.45) is -1.45. The van der Waals surface area contributed by atoms with Crippen molar-refractivity contribution < 1.29 is 24.2 Å². The minimum absolute atomic E-state index is 0.0970. The summed E-state index contributed by atoms with van der Waals surface area (Å²) in [5.74, 6) is -1.13. The Morgan fingerprint density at radius 3 is 2.79 bits per heavy atom. The highest BCUT2D eigenvalue weighted by atomic mass is 16.5. The summed E-state index contributed by atoms with van der Waals surface area (Å²) in [4.78, 5) is 44.1. The number of rotatable bonds is 5. The fraction of sp³-hybridized carbons (Fsp3) is 0.261. The second-order valence-corrected chi connectivity index (χ2v) is 7.94. The van der Waals surface area contributed by atoms with Gasteiger partial charge in [0.05, 0.1) is 17.9 Å². The fourth-order valence-electron chi connectivity index (χ4n) is 3.79. The average Bonchev–Trinajstić information content (AvgIpc) is 3.18. The minimum atomic E-state index is -1.75. The van der Waals surface area contributed by atoms with Crippen molar-refractivity contribution in [2.75, 3.05) is 43.2 Å². The van der Waals surface area contributed by atoms with Crippen LogP contribution in [0.15, 0.2) is 48.7 Å². The monoisotopic (exact) mass is 451 g/mol. The quantitative estimate of drug-likeness (QED) is 0.459. The molecule has 0 aliphatic carbocycles. The van der Waals surface area contributed by atoms with E-state index in [9.17, 15) is 19.5 Å². The van der Waals surface area contributed by atoms with Gasteiger partial charge >= 0.3 is 0 Å². The number of ether oxygens (including phenoxy) is 1.